The van der Waals surface area contributed by atoms with Crippen molar-refractivity contribution in [2.45, 2.75) is 6.92 Å². The highest BCUT2D eigenvalue weighted by Gasteiger charge is 2.09. The Morgan fingerprint density at radius 3 is 2.81 bits per heavy atom. The second kappa shape index (κ2) is 4.22. The van der Waals surface area contributed by atoms with Gasteiger partial charge in [0.15, 0.2) is 6.29 Å². The third-order valence-electron chi connectivity index (χ3n) is 2.42. The molecular weight excluding hydrogens is 268 g/mol. The van der Waals surface area contributed by atoms with E-state index in [2.05, 4.69) is 21.0 Å². The molecule has 0 atom stereocenters. The van der Waals surface area contributed by atoms with Crippen molar-refractivity contribution in [2.24, 2.45) is 7.05 Å². The average Bonchev–Trinajstić information content (AvgIpc) is 2.63. The van der Waals surface area contributed by atoms with Crippen molar-refractivity contribution in [3.63, 3.8) is 0 Å². The van der Waals surface area contributed by atoms with Crippen molar-refractivity contribution in [3.05, 3.63) is 40.0 Å². The summed E-state index contributed by atoms with van der Waals surface area (Å²) in [6.45, 7) is 2.01. The summed E-state index contributed by atoms with van der Waals surface area (Å²) in [4.78, 5) is 10.9. The number of benzene rings is 1. The highest BCUT2D eigenvalue weighted by Crippen LogP contribution is 2.25. The molecule has 0 unspecified atom stereocenters. The van der Waals surface area contributed by atoms with Gasteiger partial charge in [0.05, 0.1) is 5.56 Å². The number of nitrogens with zero attached hydrogens (tertiary/aromatic N) is 2. The quantitative estimate of drug-likeness (QED) is 0.792. The Morgan fingerprint density at radius 2 is 2.19 bits per heavy atom. The fourth-order valence-corrected chi connectivity index (χ4v) is 1.86. The van der Waals surface area contributed by atoms with Crippen LogP contribution < -0.4 is 0 Å². The molecule has 16 heavy (non-hydrogen) atoms. The lowest BCUT2D eigenvalue weighted by molar-refractivity contribution is 0.112. The van der Waals surface area contributed by atoms with E-state index in [1.165, 1.54) is 0 Å². The van der Waals surface area contributed by atoms with Crippen LogP contribution in [-0.2, 0) is 7.05 Å². The molecule has 82 valence electrons. The van der Waals surface area contributed by atoms with E-state index in [1.54, 1.807) is 10.9 Å². The fourth-order valence-electron chi connectivity index (χ4n) is 1.61. The summed E-state index contributed by atoms with van der Waals surface area (Å²) in [7, 11) is 1.81. The van der Waals surface area contributed by atoms with Gasteiger partial charge in [-0.25, -0.2) is 0 Å². The van der Waals surface area contributed by atoms with E-state index in [0.29, 0.717) is 5.56 Å². The Labute approximate surface area is 102 Å². The molecule has 1 aromatic carbocycles. The van der Waals surface area contributed by atoms with Gasteiger partial charge in [0.1, 0.15) is 5.69 Å². The standard InChI is InChI=1S/C12H11BrN2O/c1-8-5-9(3-4-11(8)13)12-10(7-16)6-15(2)14-12/h3-7H,1-2H3. The summed E-state index contributed by atoms with van der Waals surface area (Å²) < 4.78 is 2.70. The highest BCUT2D eigenvalue weighted by atomic mass is 79.9. The Kier molecular flexibility index (Phi) is 2.92. The minimum Gasteiger partial charge on any atom is -0.298 e. The van der Waals surface area contributed by atoms with Gasteiger partial charge in [0.2, 0.25) is 0 Å². The van der Waals surface area contributed by atoms with E-state index in [1.807, 2.05) is 32.2 Å². The van der Waals surface area contributed by atoms with Gasteiger partial charge in [0.25, 0.3) is 0 Å². The monoisotopic (exact) mass is 278 g/mol. The Morgan fingerprint density at radius 1 is 1.44 bits per heavy atom. The van der Waals surface area contributed by atoms with Crippen LogP contribution in [0.1, 0.15) is 15.9 Å². The zero-order valence-electron chi connectivity index (χ0n) is 9.07. The molecule has 0 N–H and O–H groups in total. The topological polar surface area (TPSA) is 34.9 Å². The van der Waals surface area contributed by atoms with Crippen LogP contribution in [0.2, 0.25) is 0 Å². The number of aldehydes is 1. The predicted molar refractivity (Wildman–Crippen MR) is 66.5 cm³/mol. The van der Waals surface area contributed by atoms with Gasteiger partial charge < -0.3 is 0 Å². The lowest BCUT2D eigenvalue weighted by Crippen LogP contribution is -1.88. The molecule has 0 radical (unpaired) electrons. The third-order valence-corrected chi connectivity index (χ3v) is 3.31. The number of halogens is 1. The summed E-state index contributed by atoms with van der Waals surface area (Å²) in [5, 5.41) is 4.29. The molecule has 1 heterocycles. The molecule has 0 saturated carbocycles. The molecule has 0 aliphatic heterocycles. The second-order valence-electron chi connectivity index (χ2n) is 3.69. The van der Waals surface area contributed by atoms with Gasteiger partial charge in [-0.15, -0.1) is 0 Å². The number of rotatable bonds is 2. The van der Waals surface area contributed by atoms with Gasteiger partial charge in [-0.05, 0) is 24.6 Å². The number of hydrogen-bond acceptors (Lipinski definition) is 2. The molecule has 2 rings (SSSR count). The largest absolute Gasteiger partial charge is 0.298 e. The highest BCUT2D eigenvalue weighted by molar-refractivity contribution is 9.10. The predicted octanol–water partition coefficient (Wildman–Crippen LogP) is 2.97. The van der Waals surface area contributed by atoms with Gasteiger partial charge >= 0.3 is 0 Å². The summed E-state index contributed by atoms with van der Waals surface area (Å²) >= 11 is 3.45. The Balaban J connectivity index is 2.57. The van der Waals surface area contributed by atoms with Crippen LogP contribution in [0.3, 0.4) is 0 Å². The molecule has 0 spiro atoms. The van der Waals surface area contributed by atoms with E-state index >= 15 is 0 Å². The average molecular weight is 279 g/mol. The summed E-state index contributed by atoms with van der Waals surface area (Å²) in [5.41, 5.74) is 3.43. The van der Waals surface area contributed by atoms with Crippen molar-refractivity contribution < 1.29 is 4.79 Å². The number of aromatic nitrogens is 2. The maximum Gasteiger partial charge on any atom is 0.153 e. The molecular formula is C12H11BrN2O. The van der Waals surface area contributed by atoms with Crippen molar-refractivity contribution in [2.75, 3.05) is 0 Å². The van der Waals surface area contributed by atoms with Crippen LogP contribution in [0, 0.1) is 6.92 Å². The number of carbonyl (C=O) groups is 1. The van der Waals surface area contributed by atoms with E-state index in [4.69, 9.17) is 0 Å². The third kappa shape index (κ3) is 1.93. The normalized spacial score (nSPS) is 10.4. The van der Waals surface area contributed by atoms with E-state index in [-0.39, 0.29) is 0 Å². The number of aryl methyl sites for hydroxylation is 2. The first-order valence-electron chi connectivity index (χ1n) is 4.87. The van der Waals surface area contributed by atoms with Crippen molar-refractivity contribution in [3.8, 4) is 11.3 Å². The van der Waals surface area contributed by atoms with Crippen molar-refractivity contribution in [1.82, 2.24) is 9.78 Å². The first-order valence-corrected chi connectivity index (χ1v) is 5.66. The number of carbonyl (C=O) groups excluding carboxylic acids is 1. The zero-order valence-corrected chi connectivity index (χ0v) is 10.7. The molecule has 3 nitrogen and oxygen atoms in total. The van der Waals surface area contributed by atoms with Crippen LogP contribution in [0.25, 0.3) is 11.3 Å². The van der Waals surface area contributed by atoms with E-state index in [9.17, 15) is 4.79 Å². The molecule has 0 aliphatic carbocycles. The first-order chi connectivity index (χ1) is 7.61. The maximum atomic E-state index is 10.9. The molecule has 0 fully saturated rings. The molecule has 0 amide bonds. The summed E-state index contributed by atoms with van der Waals surface area (Å²) in [6, 6.07) is 5.93. The summed E-state index contributed by atoms with van der Waals surface area (Å²) in [5.74, 6) is 0. The zero-order chi connectivity index (χ0) is 11.7. The molecule has 0 aliphatic rings. The minimum atomic E-state index is 0.615. The lowest BCUT2D eigenvalue weighted by Gasteiger charge is -2.02. The molecule has 1 aromatic heterocycles. The Hall–Kier alpha value is -1.42. The van der Waals surface area contributed by atoms with Crippen LogP contribution in [0.5, 0.6) is 0 Å². The first kappa shape index (κ1) is 11.1. The molecule has 0 saturated heterocycles. The smallest absolute Gasteiger partial charge is 0.153 e. The lowest BCUT2D eigenvalue weighted by atomic mass is 10.1. The van der Waals surface area contributed by atoms with Crippen LogP contribution in [-0.4, -0.2) is 16.1 Å². The van der Waals surface area contributed by atoms with Crippen LogP contribution in [0.15, 0.2) is 28.9 Å². The maximum absolute atomic E-state index is 10.9. The molecule has 4 heteroatoms. The van der Waals surface area contributed by atoms with E-state index in [0.717, 1.165) is 27.6 Å². The van der Waals surface area contributed by atoms with Crippen molar-refractivity contribution >= 4 is 22.2 Å². The molecule has 2 aromatic rings. The van der Waals surface area contributed by atoms with Gasteiger partial charge in [-0.2, -0.15) is 5.10 Å². The van der Waals surface area contributed by atoms with Crippen molar-refractivity contribution in [1.29, 1.82) is 0 Å². The SMILES string of the molecule is Cc1cc(-c2nn(C)cc2C=O)ccc1Br. The summed E-state index contributed by atoms with van der Waals surface area (Å²) in [6.07, 6.45) is 2.55. The van der Waals surface area contributed by atoms with Crippen LogP contribution in [0.4, 0.5) is 0 Å². The van der Waals surface area contributed by atoms with Gasteiger partial charge in [-0.3, -0.25) is 9.48 Å². The number of hydrogen-bond donors (Lipinski definition) is 0. The molecule has 0 bridgehead atoms. The second-order valence-corrected chi connectivity index (χ2v) is 4.54. The fraction of sp³-hybridized carbons (Fsp3) is 0.167. The minimum absolute atomic E-state index is 0.615. The van der Waals surface area contributed by atoms with Gasteiger partial charge in [-0.1, -0.05) is 22.0 Å². The van der Waals surface area contributed by atoms with Crippen LogP contribution >= 0.6 is 15.9 Å². The van der Waals surface area contributed by atoms with Gasteiger partial charge in [0, 0.05) is 23.3 Å². The van der Waals surface area contributed by atoms with E-state index < -0.39 is 0 Å². The Bertz CT molecular complexity index is 546.